The molecule has 172 valence electrons. The number of rotatable bonds is 4. The molecule has 4 heterocycles. The average molecular weight is 466 g/mol. The van der Waals surface area contributed by atoms with E-state index in [4.69, 9.17) is 4.98 Å². The number of imidazole rings is 1. The molecule has 2 aromatic rings. The van der Waals surface area contributed by atoms with Crippen molar-refractivity contribution in [2.24, 2.45) is 22.4 Å². The highest BCUT2D eigenvalue weighted by Gasteiger charge is 2.30. The molecule has 1 aliphatic carbocycles. The molecule has 1 unspecified atom stereocenters. The van der Waals surface area contributed by atoms with Crippen LogP contribution in [0.1, 0.15) is 35.4 Å². The monoisotopic (exact) mass is 465 g/mol. The number of nitrogens with zero attached hydrogens (tertiary/aromatic N) is 6. The van der Waals surface area contributed by atoms with E-state index in [1.807, 2.05) is 35.9 Å². The lowest BCUT2D eigenvalue weighted by Gasteiger charge is -2.38. The lowest BCUT2D eigenvalue weighted by atomic mass is 10.1. The standard InChI is InChI=1S/C23H27N7O2S/c1-28-21-19(26-22(28)23(31)25-14-15-6-7-15)17(8-9-24-21)29-10-12-30(13-11-29)20-16-4-2-3-5-18(16)33(32)27-20/h2-5,15H,6-14H2,1H3,(H,25,31). The summed E-state index contributed by atoms with van der Waals surface area (Å²) in [5.74, 6) is 1.77. The van der Waals surface area contributed by atoms with Crippen LogP contribution in [0.5, 0.6) is 0 Å². The first-order chi connectivity index (χ1) is 16.1. The molecule has 0 radical (unpaired) electrons. The van der Waals surface area contributed by atoms with Gasteiger partial charge in [0, 0.05) is 64.0 Å². The Kier molecular flexibility index (Phi) is 5.05. The van der Waals surface area contributed by atoms with Gasteiger partial charge in [-0.2, -0.15) is 4.40 Å². The fourth-order valence-electron chi connectivity index (χ4n) is 4.80. The highest BCUT2D eigenvalue weighted by Crippen LogP contribution is 2.28. The minimum atomic E-state index is -1.31. The van der Waals surface area contributed by atoms with Crippen LogP contribution in [0.2, 0.25) is 0 Å². The Morgan fingerprint density at radius 3 is 2.70 bits per heavy atom. The fraction of sp³-hybridized carbons (Fsp3) is 0.478. The Bertz CT molecular complexity index is 1300. The quantitative estimate of drug-likeness (QED) is 0.675. The first kappa shape index (κ1) is 20.6. The van der Waals surface area contributed by atoms with E-state index < -0.39 is 11.0 Å². The minimum Gasteiger partial charge on any atom is -0.369 e. The maximum atomic E-state index is 12.7. The van der Waals surface area contributed by atoms with E-state index in [-0.39, 0.29) is 5.91 Å². The van der Waals surface area contributed by atoms with Crippen molar-refractivity contribution in [3.63, 3.8) is 0 Å². The Balaban J connectivity index is 1.23. The highest BCUT2D eigenvalue weighted by molar-refractivity contribution is 7.84. The van der Waals surface area contributed by atoms with Crippen molar-refractivity contribution in [2.45, 2.75) is 24.2 Å². The van der Waals surface area contributed by atoms with Gasteiger partial charge in [0.1, 0.15) is 11.2 Å². The second kappa shape index (κ2) is 8.09. The van der Waals surface area contributed by atoms with Crippen LogP contribution in [0.15, 0.2) is 38.6 Å². The third-order valence-corrected chi connectivity index (χ3v) is 7.92. The third-order valence-electron chi connectivity index (χ3n) is 6.85. The molecule has 33 heavy (non-hydrogen) atoms. The lowest BCUT2D eigenvalue weighted by molar-refractivity contribution is 0.0938. The smallest absolute Gasteiger partial charge is 0.287 e. The molecule has 9 nitrogen and oxygen atoms in total. The molecule has 2 fully saturated rings. The van der Waals surface area contributed by atoms with E-state index in [2.05, 4.69) is 24.5 Å². The van der Waals surface area contributed by atoms with Crippen molar-refractivity contribution >= 4 is 28.4 Å². The summed E-state index contributed by atoms with van der Waals surface area (Å²) < 4.78 is 18.6. The van der Waals surface area contributed by atoms with Crippen LogP contribution in [0.3, 0.4) is 0 Å². The molecule has 3 aliphatic heterocycles. The van der Waals surface area contributed by atoms with E-state index in [1.165, 1.54) is 12.8 Å². The fourth-order valence-corrected chi connectivity index (χ4v) is 5.81. The summed E-state index contributed by atoms with van der Waals surface area (Å²) in [5, 5.41) is 3.85. The number of nitrogens with one attached hydrogen (secondary N) is 1. The topological polar surface area (TPSA) is 95.2 Å². The van der Waals surface area contributed by atoms with Gasteiger partial charge in [0.2, 0.25) is 5.82 Å². The van der Waals surface area contributed by atoms with E-state index >= 15 is 0 Å². The lowest BCUT2D eigenvalue weighted by Crippen LogP contribution is -2.50. The van der Waals surface area contributed by atoms with Crippen LogP contribution in [0.25, 0.3) is 5.70 Å². The molecule has 1 saturated carbocycles. The number of amides is 1. The van der Waals surface area contributed by atoms with Gasteiger partial charge in [-0.3, -0.25) is 9.79 Å². The molecule has 1 amide bonds. The summed E-state index contributed by atoms with van der Waals surface area (Å²) in [4.78, 5) is 27.5. The predicted molar refractivity (Wildman–Crippen MR) is 124 cm³/mol. The zero-order valence-corrected chi connectivity index (χ0v) is 19.5. The van der Waals surface area contributed by atoms with Gasteiger partial charge < -0.3 is 19.7 Å². The third kappa shape index (κ3) is 3.66. The van der Waals surface area contributed by atoms with Crippen molar-refractivity contribution in [1.82, 2.24) is 24.7 Å². The van der Waals surface area contributed by atoms with Gasteiger partial charge in [0.05, 0.1) is 4.90 Å². The number of carbonyl (C=O) groups excluding carboxylic acids is 1. The summed E-state index contributed by atoms with van der Waals surface area (Å²) in [6.07, 6.45) is 3.22. The van der Waals surface area contributed by atoms with Crippen LogP contribution in [0.4, 0.5) is 0 Å². The molecule has 6 rings (SSSR count). The van der Waals surface area contributed by atoms with E-state index in [0.717, 1.165) is 72.0 Å². The molecule has 1 atom stereocenters. The zero-order valence-electron chi connectivity index (χ0n) is 18.7. The number of fused-ring (bicyclic) bond motifs is 2. The van der Waals surface area contributed by atoms with Gasteiger partial charge in [-0.15, -0.1) is 0 Å². The molecule has 1 aromatic heterocycles. The van der Waals surface area contributed by atoms with Crippen LogP contribution < -0.4 is 16.2 Å². The second-order valence-corrected chi connectivity index (χ2v) is 10.2. The number of benzene rings is 1. The Labute approximate surface area is 194 Å². The maximum absolute atomic E-state index is 12.7. The summed E-state index contributed by atoms with van der Waals surface area (Å²) in [6, 6.07) is 7.76. The Hall–Kier alpha value is -3.01. The van der Waals surface area contributed by atoms with E-state index in [9.17, 15) is 9.00 Å². The van der Waals surface area contributed by atoms with Gasteiger partial charge in [-0.25, -0.2) is 9.19 Å². The van der Waals surface area contributed by atoms with E-state index in [1.54, 1.807) is 0 Å². The molecule has 0 bridgehead atoms. The van der Waals surface area contributed by atoms with Gasteiger partial charge in [0.15, 0.2) is 16.5 Å². The SMILES string of the molecule is Cn1c(C(=O)NCC2CC2)nc2c1=NCCC=2N1CCN(C2=NS(=O)c3ccccc32)CC1. The minimum absolute atomic E-state index is 0.121. The number of amidine groups is 1. The Morgan fingerprint density at radius 1 is 1.15 bits per heavy atom. The average Bonchev–Trinajstić information content (AvgIpc) is 3.54. The Morgan fingerprint density at radius 2 is 1.91 bits per heavy atom. The van der Waals surface area contributed by atoms with Crippen LogP contribution in [0, 0.1) is 5.92 Å². The predicted octanol–water partition coefficient (Wildman–Crippen LogP) is -0.208. The number of piperazine rings is 1. The molecule has 1 N–H and O–H groups in total. The van der Waals surface area contributed by atoms with Crippen LogP contribution in [-0.4, -0.2) is 74.6 Å². The van der Waals surface area contributed by atoms with Crippen molar-refractivity contribution in [1.29, 1.82) is 0 Å². The molecule has 1 saturated heterocycles. The highest BCUT2D eigenvalue weighted by atomic mass is 32.2. The summed E-state index contributed by atoms with van der Waals surface area (Å²) in [6.45, 7) is 4.66. The van der Waals surface area contributed by atoms with Crippen LogP contribution in [-0.2, 0) is 18.0 Å². The maximum Gasteiger partial charge on any atom is 0.287 e. The molecule has 4 aliphatic rings. The number of hydrogen-bond acceptors (Lipinski definition) is 6. The number of hydrogen-bond donors (Lipinski definition) is 1. The normalized spacial score (nSPS) is 21.9. The van der Waals surface area contributed by atoms with Crippen molar-refractivity contribution in [3.05, 3.63) is 46.5 Å². The number of carbonyl (C=O) groups is 1. The van der Waals surface area contributed by atoms with E-state index in [0.29, 0.717) is 18.3 Å². The van der Waals surface area contributed by atoms with Gasteiger partial charge in [-0.1, -0.05) is 12.1 Å². The molecule has 1 aromatic carbocycles. The first-order valence-electron chi connectivity index (χ1n) is 11.6. The summed E-state index contributed by atoms with van der Waals surface area (Å²) in [7, 11) is 0.560. The molecular weight excluding hydrogens is 438 g/mol. The van der Waals surface area contributed by atoms with Crippen molar-refractivity contribution in [3.8, 4) is 0 Å². The van der Waals surface area contributed by atoms with Crippen LogP contribution >= 0.6 is 0 Å². The number of aromatic nitrogens is 2. The molecular formula is C23H27N7O2S. The zero-order chi connectivity index (χ0) is 22.5. The second-order valence-electron chi connectivity index (χ2n) is 9.03. The van der Waals surface area contributed by atoms with Gasteiger partial charge in [0.25, 0.3) is 5.91 Å². The van der Waals surface area contributed by atoms with Crippen molar-refractivity contribution in [2.75, 3.05) is 39.3 Å². The largest absolute Gasteiger partial charge is 0.369 e. The first-order valence-corrected chi connectivity index (χ1v) is 12.7. The summed E-state index contributed by atoms with van der Waals surface area (Å²) >= 11 is 0. The molecule has 10 heteroatoms. The van der Waals surface area contributed by atoms with Gasteiger partial charge >= 0.3 is 0 Å². The van der Waals surface area contributed by atoms with Crippen molar-refractivity contribution < 1.29 is 9.00 Å². The van der Waals surface area contributed by atoms with Gasteiger partial charge in [-0.05, 0) is 30.9 Å². The summed E-state index contributed by atoms with van der Waals surface area (Å²) in [5.41, 5.74) is 2.93. The molecule has 0 spiro atoms.